The first kappa shape index (κ1) is 12.3. The number of rotatable bonds is 4. The Morgan fingerprint density at radius 2 is 2.17 bits per heavy atom. The molecule has 6 heteroatoms. The summed E-state index contributed by atoms with van der Waals surface area (Å²) >= 11 is 0. The molecule has 1 aromatic rings. The zero-order valence-electron chi connectivity index (χ0n) is 9.97. The molecule has 1 aliphatic rings. The quantitative estimate of drug-likeness (QED) is 0.807. The van der Waals surface area contributed by atoms with Gasteiger partial charge in [0.05, 0.1) is 0 Å². The van der Waals surface area contributed by atoms with Gasteiger partial charge in [0.1, 0.15) is 12.1 Å². The van der Waals surface area contributed by atoms with Crippen LogP contribution in [0.3, 0.4) is 0 Å². The van der Waals surface area contributed by atoms with Crippen LogP contribution in [0.15, 0.2) is 17.1 Å². The fourth-order valence-electron chi connectivity index (χ4n) is 1.79. The van der Waals surface area contributed by atoms with E-state index in [-0.39, 0.29) is 23.6 Å². The maximum Gasteiger partial charge on any atom is 0.323 e. The summed E-state index contributed by atoms with van der Waals surface area (Å²) in [6.45, 7) is 1.35. The van der Waals surface area contributed by atoms with Gasteiger partial charge in [-0.2, -0.15) is 0 Å². The molecule has 1 fully saturated rings. The summed E-state index contributed by atoms with van der Waals surface area (Å²) in [7, 11) is 0. The van der Waals surface area contributed by atoms with Gasteiger partial charge in [0.15, 0.2) is 5.43 Å². The second-order valence-electron chi connectivity index (χ2n) is 4.45. The molecule has 0 aliphatic heterocycles. The predicted molar refractivity (Wildman–Crippen MR) is 63.5 cm³/mol. The molecule has 2 N–H and O–H groups in total. The van der Waals surface area contributed by atoms with Crippen LogP contribution in [-0.4, -0.2) is 39.5 Å². The third-order valence-electron chi connectivity index (χ3n) is 2.84. The van der Waals surface area contributed by atoms with Crippen LogP contribution in [0, 0.1) is 6.92 Å². The number of carbonyl (C=O) groups is 2. The van der Waals surface area contributed by atoms with Crippen molar-refractivity contribution >= 4 is 11.9 Å². The van der Waals surface area contributed by atoms with E-state index in [0.717, 1.165) is 12.8 Å². The number of amides is 1. The molecule has 1 aromatic heterocycles. The number of hydrogen-bond donors (Lipinski definition) is 2. The van der Waals surface area contributed by atoms with E-state index in [2.05, 4.69) is 4.98 Å². The SMILES string of the molecule is Cc1cc(=O)c(C(=O)N(CC(=O)O)C2CC2)c[nH]1. The molecule has 1 saturated carbocycles. The van der Waals surface area contributed by atoms with Gasteiger partial charge in [-0.05, 0) is 19.8 Å². The summed E-state index contributed by atoms with van der Waals surface area (Å²) in [6.07, 6.45) is 2.93. The van der Waals surface area contributed by atoms with E-state index < -0.39 is 11.9 Å². The highest BCUT2D eigenvalue weighted by Gasteiger charge is 2.35. The van der Waals surface area contributed by atoms with Crippen LogP contribution in [0.25, 0.3) is 0 Å². The largest absolute Gasteiger partial charge is 0.480 e. The van der Waals surface area contributed by atoms with Crippen molar-refractivity contribution in [3.05, 3.63) is 33.7 Å². The van der Waals surface area contributed by atoms with E-state index in [1.807, 2.05) is 0 Å². The highest BCUT2D eigenvalue weighted by Crippen LogP contribution is 2.27. The number of aryl methyl sites for hydroxylation is 1. The Hall–Kier alpha value is -2.11. The van der Waals surface area contributed by atoms with Gasteiger partial charge in [0.25, 0.3) is 5.91 Å². The van der Waals surface area contributed by atoms with Crippen molar-refractivity contribution in [3.63, 3.8) is 0 Å². The van der Waals surface area contributed by atoms with Gasteiger partial charge in [-0.15, -0.1) is 0 Å². The van der Waals surface area contributed by atoms with E-state index in [0.29, 0.717) is 5.69 Å². The van der Waals surface area contributed by atoms with Crippen molar-refractivity contribution in [1.29, 1.82) is 0 Å². The summed E-state index contributed by atoms with van der Waals surface area (Å²) in [5, 5.41) is 8.79. The third-order valence-corrected chi connectivity index (χ3v) is 2.84. The maximum atomic E-state index is 12.1. The van der Waals surface area contributed by atoms with Crippen LogP contribution in [0.4, 0.5) is 0 Å². The lowest BCUT2D eigenvalue weighted by Crippen LogP contribution is -2.39. The molecule has 96 valence electrons. The van der Waals surface area contributed by atoms with Crippen molar-refractivity contribution in [1.82, 2.24) is 9.88 Å². The van der Waals surface area contributed by atoms with E-state index in [4.69, 9.17) is 5.11 Å². The number of carbonyl (C=O) groups excluding carboxylic acids is 1. The minimum Gasteiger partial charge on any atom is -0.480 e. The molecular weight excluding hydrogens is 236 g/mol. The monoisotopic (exact) mass is 250 g/mol. The van der Waals surface area contributed by atoms with Gasteiger partial charge < -0.3 is 15.0 Å². The maximum absolute atomic E-state index is 12.1. The summed E-state index contributed by atoms with van der Waals surface area (Å²) in [5.74, 6) is -1.58. The summed E-state index contributed by atoms with van der Waals surface area (Å²) in [5.41, 5.74) is 0.272. The number of nitrogens with one attached hydrogen (secondary N) is 1. The number of aromatic nitrogens is 1. The summed E-state index contributed by atoms with van der Waals surface area (Å²) in [6, 6.07) is 1.29. The molecule has 0 atom stereocenters. The zero-order chi connectivity index (χ0) is 13.3. The second-order valence-corrected chi connectivity index (χ2v) is 4.45. The van der Waals surface area contributed by atoms with Gasteiger partial charge in [0, 0.05) is 24.0 Å². The van der Waals surface area contributed by atoms with E-state index >= 15 is 0 Å². The lowest BCUT2D eigenvalue weighted by molar-refractivity contribution is -0.137. The van der Waals surface area contributed by atoms with Crippen molar-refractivity contribution < 1.29 is 14.7 Å². The first-order valence-electron chi connectivity index (χ1n) is 5.71. The highest BCUT2D eigenvalue weighted by atomic mass is 16.4. The van der Waals surface area contributed by atoms with E-state index in [1.165, 1.54) is 17.2 Å². The normalized spacial score (nSPS) is 14.3. The van der Waals surface area contributed by atoms with Crippen molar-refractivity contribution in [2.45, 2.75) is 25.8 Å². The number of carboxylic acid groups (broad SMARTS) is 1. The van der Waals surface area contributed by atoms with Gasteiger partial charge in [-0.3, -0.25) is 14.4 Å². The predicted octanol–water partition coefficient (Wildman–Crippen LogP) is 0.373. The molecule has 1 amide bonds. The average Bonchev–Trinajstić information content (AvgIpc) is 3.08. The molecule has 1 heterocycles. The molecule has 0 unspecified atom stereocenters. The van der Waals surface area contributed by atoms with Crippen molar-refractivity contribution in [3.8, 4) is 0 Å². The fourth-order valence-corrected chi connectivity index (χ4v) is 1.79. The van der Waals surface area contributed by atoms with Crippen molar-refractivity contribution in [2.24, 2.45) is 0 Å². The molecule has 0 bridgehead atoms. The standard InChI is InChI=1S/C12H14N2O4/c1-7-4-10(15)9(5-13-7)12(18)14(6-11(16)17)8-2-3-8/h4-5,8H,2-3,6H2,1H3,(H,13,15)(H,16,17). The first-order chi connectivity index (χ1) is 8.49. The first-order valence-corrected chi connectivity index (χ1v) is 5.71. The average molecular weight is 250 g/mol. The molecule has 2 rings (SSSR count). The van der Waals surface area contributed by atoms with Gasteiger partial charge in [-0.1, -0.05) is 0 Å². The number of pyridine rings is 1. The van der Waals surface area contributed by atoms with Crippen LogP contribution in [0.2, 0.25) is 0 Å². The lowest BCUT2D eigenvalue weighted by Gasteiger charge is -2.19. The van der Waals surface area contributed by atoms with Crippen molar-refractivity contribution in [2.75, 3.05) is 6.54 Å². The molecular formula is C12H14N2O4. The third kappa shape index (κ3) is 2.58. The Labute approximate surface area is 103 Å². The minimum absolute atomic E-state index is 0.00579. The van der Waals surface area contributed by atoms with Crippen LogP contribution in [-0.2, 0) is 4.79 Å². The Morgan fingerprint density at radius 1 is 1.50 bits per heavy atom. The molecule has 0 aromatic carbocycles. The fraction of sp³-hybridized carbons (Fsp3) is 0.417. The Kier molecular flexibility index (Phi) is 3.18. The topological polar surface area (TPSA) is 90.5 Å². The molecule has 18 heavy (non-hydrogen) atoms. The lowest BCUT2D eigenvalue weighted by atomic mass is 10.2. The summed E-state index contributed by atoms with van der Waals surface area (Å²) in [4.78, 5) is 38.6. The number of hydrogen-bond acceptors (Lipinski definition) is 3. The smallest absolute Gasteiger partial charge is 0.323 e. The Morgan fingerprint density at radius 3 is 2.67 bits per heavy atom. The van der Waals surface area contributed by atoms with Crippen LogP contribution in [0.1, 0.15) is 28.9 Å². The number of aliphatic carboxylic acids is 1. The van der Waals surface area contributed by atoms with Crippen LogP contribution in [0.5, 0.6) is 0 Å². The molecule has 0 radical (unpaired) electrons. The minimum atomic E-state index is -1.07. The van der Waals surface area contributed by atoms with E-state index in [9.17, 15) is 14.4 Å². The van der Waals surface area contributed by atoms with Crippen LogP contribution < -0.4 is 5.43 Å². The second kappa shape index (κ2) is 4.64. The molecule has 0 saturated heterocycles. The molecule has 1 aliphatic carbocycles. The number of aromatic amines is 1. The van der Waals surface area contributed by atoms with Gasteiger partial charge in [0.2, 0.25) is 0 Å². The van der Waals surface area contributed by atoms with Crippen LogP contribution >= 0.6 is 0 Å². The van der Waals surface area contributed by atoms with Gasteiger partial charge >= 0.3 is 5.97 Å². The highest BCUT2D eigenvalue weighted by molar-refractivity contribution is 5.95. The van der Waals surface area contributed by atoms with E-state index in [1.54, 1.807) is 6.92 Å². The molecule has 6 nitrogen and oxygen atoms in total. The number of carboxylic acids is 1. The Bertz CT molecular complexity index is 545. The summed E-state index contributed by atoms with van der Waals surface area (Å²) < 4.78 is 0. The number of nitrogens with zero attached hydrogens (tertiary/aromatic N) is 1. The van der Waals surface area contributed by atoms with Gasteiger partial charge in [-0.25, -0.2) is 0 Å². The number of H-pyrrole nitrogens is 1. The zero-order valence-corrected chi connectivity index (χ0v) is 9.97. The molecule has 0 spiro atoms. The Balaban J connectivity index is 2.27.